The summed E-state index contributed by atoms with van der Waals surface area (Å²) in [6.45, 7) is 5.42. The van der Waals surface area contributed by atoms with Crippen LogP contribution in [0.4, 0.5) is 14.9 Å². The minimum Gasteiger partial charge on any atom is -0.477 e. The molecule has 0 saturated carbocycles. The standard InChI is InChI=1S/C23H26FN3O5/c1-3-26-12-16(22(29)30)21(28)14-8-17(24)20(9-19(14)26)27-10-13-6-5-7-18(15(13)11-27)25-23(31)32-4-2/h5-6,8-9,12-13,15,18H,3-4,7,10-11H2,1-2H3,(H,25,31)(H,29,30). The lowest BCUT2D eigenvalue weighted by Gasteiger charge is -2.29. The zero-order valence-corrected chi connectivity index (χ0v) is 18.0. The van der Waals surface area contributed by atoms with Gasteiger partial charge in [-0.15, -0.1) is 0 Å². The summed E-state index contributed by atoms with van der Waals surface area (Å²) in [6.07, 6.45) is 5.67. The molecule has 0 spiro atoms. The Labute approximate surface area is 184 Å². The molecule has 9 heteroatoms. The Bertz CT molecular complexity index is 1160. The first-order chi connectivity index (χ1) is 15.3. The van der Waals surface area contributed by atoms with Gasteiger partial charge in [0.15, 0.2) is 0 Å². The molecule has 32 heavy (non-hydrogen) atoms. The number of anilines is 1. The van der Waals surface area contributed by atoms with Crippen molar-refractivity contribution in [2.24, 2.45) is 11.8 Å². The van der Waals surface area contributed by atoms with Gasteiger partial charge < -0.3 is 24.6 Å². The summed E-state index contributed by atoms with van der Waals surface area (Å²) in [5.74, 6) is -1.66. The number of benzene rings is 1. The highest BCUT2D eigenvalue weighted by molar-refractivity contribution is 5.93. The van der Waals surface area contributed by atoms with Crippen LogP contribution in [0.1, 0.15) is 30.6 Å². The van der Waals surface area contributed by atoms with Gasteiger partial charge >= 0.3 is 12.1 Å². The third-order valence-electron chi connectivity index (χ3n) is 6.34. The number of nitrogens with one attached hydrogen (secondary N) is 1. The highest BCUT2D eigenvalue weighted by atomic mass is 19.1. The summed E-state index contributed by atoms with van der Waals surface area (Å²) in [6, 6.07) is 2.65. The van der Waals surface area contributed by atoms with Gasteiger partial charge in [0, 0.05) is 49.1 Å². The molecule has 2 N–H and O–H groups in total. The van der Waals surface area contributed by atoms with E-state index in [0.29, 0.717) is 43.9 Å². The van der Waals surface area contributed by atoms with Crippen LogP contribution < -0.4 is 15.6 Å². The molecule has 1 fully saturated rings. The smallest absolute Gasteiger partial charge is 0.407 e. The van der Waals surface area contributed by atoms with E-state index in [2.05, 4.69) is 11.4 Å². The number of aromatic carboxylic acids is 1. The monoisotopic (exact) mass is 443 g/mol. The number of carbonyl (C=O) groups is 2. The molecule has 1 saturated heterocycles. The highest BCUT2D eigenvalue weighted by Gasteiger charge is 2.40. The highest BCUT2D eigenvalue weighted by Crippen LogP contribution is 2.37. The first-order valence-corrected chi connectivity index (χ1v) is 10.8. The van der Waals surface area contributed by atoms with Crippen molar-refractivity contribution in [1.82, 2.24) is 9.88 Å². The summed E-state index contributed by atoms with van der Waals surface area (Å²) in [7, 11) is 0. The second-order valence-electron chi connectivity index (χ2n) is 8.15. The quantitative estimate of drug-likeness (QED) is 0.689. The van der Waals surface area contributed by atoms with E-state index in [0.717, 1.165) is 6.07 Å². The van der Waals surface area contributed by atoms with Crippen LogP contribution in [0.3, 0.4) is 0 Å². The predicted octanol–water partition coefficient (Wildman–Crippen LogP) is 2.99. The van der Waals surface area contributed by atoms with Crippen molar-refractivity contribution in [3.05, 3.63) is 52.1 Å². The van der Waals surface area contributed by atoms with Crippen LogP contribution in [0, 0.1) is 17.7 Å². The van der Waals surface area contributed by atoms with Crippen LogP contribution in [0.2, 0.25) is 0 Å². The number of carbonyl (C=O) groups excluding carboxylic acids is 1. The van der Waals surface area contributed by atoms with Crippen LogP contribution >= 0.6 is 0 Å². The lowest BCUT2D eigenvalue weighted by molar-refractivity contribution is 0.0694. The normalized spacial score (nSPS) is 22.1. The van der Waals surface area contributed by atoms with E-state index < -0.39 is 23.3 Å². The van der Waals surface area contributed by atoms with Crippen molar-refractivity contribution in [1.29, 1.82) is 0 Å². The molecule has 1 amide bonds. The average molecular weight is 443 g/mol. The van der Waals surface area contributed by atoms with Gasteiger partial charge in [-0.25, -0.2) is 14.0 Å². The molecule has 170 valence electrons. The van der Waals surface area contributed by atoms with Gasteiger partial charge in [0.1, 0.15) is 11.4 Å². The summed E-state index contributed by atoms with van der Waals surface area (Å²) in [4.78, 5) is 37.9. The van der Waals surface area contributed by atoms with Crippen LogP contribution in [-0.2, 0) is 11.3 Å². The van der Waals surface area contributed by atoms with Crippen molar-refractivity contribution in [3.8, 4) is 0 Å². The number of carboxylic acids is 1. The number of rotatable bonds is 5. The molecule has 1 aliphatic carbocycles. The Hall–Kier alpha value is -3.36. The molecule has 0 radical (unpaired) electrons. The fraction of sp³-hybridized carbons (Fsp3) is 0.435. The van der Waals surface area contributed by atoms with Crippen molar-refractivity contribution in [3.63, 3.8) is 0 Å². The second-order valence-corrected chi connectivity index (χ2v) is 8.15. The van der Waals surface area contributed by atoms with E-state index in [4.69, 9.17) is 4.74 Å². The van der Waals surface area contributed by atoms with E-state index in [1.165, 1.54) is 6.20 Å². The van der Waals surface area contributed by atoms with Gasteiger partial charge in [-0.3, -0.25) is 4.79 Å². The number of fused-ring (bicyclic) bond motifs is 2. The Morgan fingerprint density at radius 1 is 1.28 bits per heavy atom. The van der Waals surface area contributed by atoms with Gasteiger partial charge in [0.05, 0.1) is 17.8 Å². The number of halogens is 1. The molecule has 0 bridgehead atoms. The van der Waals surface area contributed by atoms with Crippen molar-refractivity contribution < 1.29 is 23.8 Å². The molecule has 3 unspecified atom stereocenters. The fourth-order valence-corrected chi connectivity index (χ4v) is 4.80. The number of nitrogens with zero attached hydrogens (tertiary/aromatic N) is 2. The predicted molar refractivity (Wildman–Crippen MR) is 118 cm³/mol. The minimum absolute atomic E-state index is 0.0476. The van der Waals surface area contributed by atoms with E-state index in [-0.39, 0.29) is 28.8 Å². The molecule has 2 aromatic rings. The van der Waals surface area contributed by atoms with Gasteiger partial charge in [-0.2, -0.15) is 0 Å². The molecule has 1 aromatic heterocycles. The molecule has 1 aromatic carbocycles. The molecule has 3 atom stereocenters. The number of aromatic nitrogens is 1. The Kier molecular flexibility index (Phi) is 5.90. The Balaban J connectivity index is 1.69. The van der Waals surface area contributed by atoms with Gasteiger partial charge in [-0.05, 0) is 32.4 Å². The molecule has 4 rings (SSSR count). The minimum atomic E-state index is -1.33. The third kappa shape index (κ3) is 3.83. The maximum Gasteiger partial charge on any atom is 0.407 e. The molecule has 8 nitrogen and oxygen atoms in total. The maximum atomic E-state index is 15.2. The molecule has 2 heterocycles. The molecule has 2 aliphatic rings. The lowest BCUT2D eigenvalue weighted by Crippen LogP contribution is -2.44. The van der Waals surface area contributed by atoms with E-state index in [9.17, 15) is 19.5 Å². The second kappa shape index (κ2) is 8.64. The zero-order chi connectivity index (χ0) is 23.0. The third-order valence-corrected chi connectivity index (χ3v) is 6.34. The van der Waals surface area contributed by atoms with Crippen LogP contribution in [0.5, 0.6) is 0 Å². The average Bonchev–Trinajstić information content (AvgIpc) is 3.19. The number of alkyl carbamates (subject to hydrolysis) is 1. The van der Waals surface area contributed by atoms with Gasteiger partial charge in [-0.1, -0.05) is 12.2 Å². The van der Waals surface area contributed by atoms with Gasteiger partial charge in [0.2, 0.25) is 5.43 Å². The number of hydrogen-bond donors (Lipinski definition) is 2. The van der Waals surface area contributed by atoms with E-state index in [1.807, 2.05) is 17.9 Å². The summed E-state index contributed by atoms with van der Waals surface area (Å²) >= 11 is 0. The number of hydrogen-bond acceptors (Lipinski definition) is 5. The number of pyridine rings is 1. The molecular formula is C23H26FN3O5. The number of ether oxygens (including phenoxy) is 1. The number of amides is 1. The van der Waals surface area contributed by atoms with Gasteiger partial charge in [0.25, 0.3) is 0 Å². The first kappa shape index (κ1) is 21.9. The van der Waals surface area contributed by atoms with E-state index >= 15 is 4.39 Å². The van der Waals surface area contributed by atoms with E-state index in [1.54, 1.807) is 17.6 Å². The largest absolute Gasteiger partial charge is 0.477 e. The fourth-order valence-electron chi connectivity index (χ4n) is 4.80. The van der Waals surface area contributed by atoms with Crippen molar-refractivity contribution in [2.75, 3.05) is 24.6 Å². The Morgan fingerprint density at radius 2 is 2.06 bits per heavy atom. The topological polar surface area (TPSA) is 101 Å². The zero-order valence-electron chi connectivity index (χ0n) is 18.0. The molecule has 1 aliphatic heterocycles. The summed E-state index contributed by atoms with van der Waals surface area (Å²) < 4.78 is 21.8. The molecular weight excluding hydrogens is 417 g/mol. The summed E-state index contributed by atoms with van der Waals surface area (Å²) in [5.41, 5.74) is -0.221. The maximum absolute atomic E-state index is 15.2. The SMILES string of the molecule is CCOC(=O)NC1CC=CC2CN(c3cc4c(cc3F)c(=O)c(C(=O)O)cn4CC)CC21. The Morgan fingerprint density at radius 3 is 2.75 bits per heavy atom. The lowest BCUT2D eigenvalue weighted by atomic mass is 9.83. The van der Waals surface area contributed by atoms with Crippen LogP contribution in [0.25, 0.3) is 10.9 Å². The number of aryl methyl sites for hydroxylation is 1. The van der Waals surface area contributed by atoms with Crippen LogP contribution in [-0.4, -0.2) is 47.5 Å². The first-order valence-electron chi connectivity index (χ1n) is 10.8. The van der Waals surface area contributed by atoms with Crippen molar-refractivity contribution in [2.45, 2.75) is 32.9 Å². The van der Waals surface area contributed by atoms with Crippen molar-refractivity contribution >= 4 is 28.7 Å². The summed E-state index contributed by atoms with van der Waals surface area (Å²) in [5, 5.41) is 12.3. The number of carboxylic acid groups (broad SMARTS) is 1. The van der Waals surface area contributed by atoms with Crippen LogP contribution in [0.15, 0.2) is 35.3 Å².